The van der Waals surface area contributed by atoms with Crippen molar-refractivity contribution in [2.45, 2.75) is 13.1 Å². The first kappa shape index (κ1) is 20.9. The summed E-state index contributed by atoms with van der Waals surface area (Å²) in [5, 5.41) is 8.71. The van der Waals surface area contributed by atoms with Gasteiger partial charge in [-0.05, 0) is 35.4 Å². The van der Waals surface area contributed by atoms with Crippen LogP contribution in [0.5, 0.6) is 11.5 Å². The van der Waals surface area contributed by atoms with Gasteiger partial charge < -0.3 is 25.8 Å². The maximum Gasteiger partial charge on any atom is 0.324 e. The van der Waals surface area contributed by atoms with Crippen molar-refractivity contribution in [1.82, 2.24) is 15.3 Å². The molecule has 9 heteroatoms. The van der Waals surface area contributed by atoms with Gasteiger partial charge in [-0.3, -0.25) is 5.32 Å². The third-order valence-corrected chi connectivity index (χ3v) is 4.22. The molecule has 0 atom stereocenters. The number of urea groups is 1. The van der Waals surface area contributed by atoms with Crippen molar-refractivity contribution in [3.8, 4) is 11.5 Å². The van der Waals surface area contributed by atoms with Crippen molar-refractivity contribution in [2.24, 2.45) is 0 Å². The Bertz CT molecular complexity index is 994. The Morgan fingerprint density at radius 3 is 2.47 bits per heavy atom. The van der Waals surface area contributed by atoms with E-state index >= 15 is 0 Å². The van der Waals surface area contributed by atoms with Crippen molar-refractivity contribution < 1.29 is 14.3 Å². The Labute approximate surface area is 174 Å². The maximum absolute atomic E-state index is 12.2. The van der Waals surface area contributed by atoms with E-state index in [-0.39, 0.29) is 5.82 Å². The van der Waals surface area contributed by atoms with E-state index in [1.165, 1.54) is 12.4 Å². The molecule has 9 nitrogen and oxygen atoms in total. The van der Waals surface area contributed by atoms with E-state index in [0.717, 1.165) is 16.9 Å². The molecule has 2 aromatic carbocycles. The summed E-state index contributed by atoms with van der Waals surface area (Å²) in [6, 6.07) is 13.0. The Kier molecular flexibility index (Phi) is 7.01. The van der Waals surface area contributed by atoms with Gasteiger partial charge in [0.25, 0.3) is 0 Å². The van der Waals surface area contributed by atoms with Crippen LogP contribution in [0.25, 0.3) is 0 Å². The van der Waals surface area contributed by atoms with Gasteiger partial charge in [-0.1, -0.05) is 18.2 Å². The van der Waals surface area contributed by atoms with Gasteiger partial charge in [0.05, 0.1) is 32.3 Å². The van der Waals surface area contributed by atoms with Crippen LogP contribution in [0.4, 0.5) is 22.1 Å². The number of amides is 2. The first-order valence-corrected chi connectivity index (χ1v) is 9.23. The predicted octanol–water partition coefficient (Wildman–Crippen LogP) is 3.01. The molecule has 5 N–H and O–H groups in total. The molecule has 3 rings (SSSR count). The summed E-state index contributed by atoms with van der Waals surface area (Å²) in [4.78, 5) is 20.1. The van der Waals surface area contributed by atoms with E-state index in [1.54, 1.807) is 20.3 Å². The van der Waals surface area contributed by atoms with Crippen molar-refractivity contribution in [3.63, 3.8) is 0 Å². The summed E-state index contributed by atoms with van der Waals surface area (Å²) in [5.74, 6) is 1.95. The molecule has 0 aliphatic heterocycles. The van der Waals surface area contributed by atoms with Crippen molar-refractivity contribution in [1.29, 1.82) is 0 Å². The van der Waals surface area contributed by atoms with E-state index in [0.29, 0.717) is 30.3 Å². The average molecular weight is 408 g/mol. The maximum atomic E-state index is 12.2. The number of nitrogens with two attached hydrogens (primary N) is 1. The van der Waals surface area contributed by atoms with Crippen LogP contribution in [0, 0.1) is 0 Å². The number of nitrogens with zero attached hydrogens (tertiary/aromatic N) is 2. The number of methoxy groups -OCH3 is 2. The predicted molar refractivity (Wildman–Crippen MR) is 116 cm³/mol. The fourth-order valence-electron chi connectivity index (χ4n) is 2.75. The molecule has 1 aromatic heterocycles. The second-order valence-corrected chi connectivity index (χ2v) is 6.40. The number of ether oxygens (including phenoxy) is 2. The van der Waals surface area contributed by atoms with E-state index in [2.05, 4.69) is 25.9 Å². The topological polar surface area (TPSA) is 123 Å². The van der Waals surface area contributed by atoms with Crippen molar-refractivity contribution >= 4 is 23.4 Å². The largest absolute Gasteiger partial charge is 0.497 e. The molecule has 0 radical (unpaired) electrons. The molecule has 0 aliphatic rings. The standard InChI is InChI=1S/C21H24N6O3/c1-29-16-5-3-4-14(8-16)10-23-11-15-6-7-17(18(9-15)30-2)26-21(28)27-20-13-24-19(22)12-25-20/h3-9,12-13,23H,10-11H2,1-2H3,(H2,22,24)(H2,25,26,27,28). The molecule has 0 unspecified atom stereocenters. The van der Waals surface area contributed by atoms with Gasteiger partial charge in [0.15, 0.2) is 5.82 Å². The van der Waals surface area contributed by atoms with E-state index in [4.69, 9.17) is 15.2 Å². The highest BCUT2D eigenvalue weighted by Gasteiger charge is 2.09. The summed E-state index contributed by atoms with van der Waals surface area (Å²) < 4.78 is 10.7. The van der Waals surface area contributed by atoms with Crippen LogP contribution < -0.4 is 31.2 Å². The second-order valence-electron chi connectivity index (χ2n) is 6.40. The number of benzene rings is 2. The summed E-state index contributed by atoms with van der Waals surface area (Å²) >= 11 is 0. The fourth-order valence-corrected chi connectivity index (χ4v) is 2.75. The first-order chi connectivity index (χ1) is 14.6. The number of aromatic nitrogens is 2. The lowest BCUT2D eigenvalue weighted by Crippen LogP contribution is -2.21. The molecule has 0 spiro atoms. The molecule has 1 heterocycles. The Morgan fingerprint density at radius 1 is 0.967 bits per heavy atom. The Hall–Kier alpha value is -3.85. The average Bonchev–Trinajstić information content (AvgIpc) is 2.76. The lowest BCUT2D eigenvalue weighted by atomic mass is 10.1. The molecule has 156 valence electrons. The smallest absolute Gasteiger partial charge is 0.324 e. The highest BCUT2D eigenvalue weighted by atomic mass is 16.5. The monoisotopic (exact) mass is 408 g/mol. The van der Waals surface area contributed by atoms with Gasteiger partial charge in [-0.2, -0.15) is 0 Å². The zero-order valence-electron chi connectivity index (χ0n) is 16.8. The van der Waals surface area contributed by atoms with Gasteiger partial charge in [0.2, 0.25) is 0 Å². The molecule has 0 fully saturated rings. The number of carbonyl (C=O) groups is 1. The Balaban J connectivity index is 1.57. The fraction of sp³-hybridized carbons (Fsp3) is 0.190. The van der Waals surface area contributed by atoms with E-state index < -0.39 is 6.03 Å². The molecule has 0 saturated carbocycles. The molecular formula is C21H24N6O3. The highest BCUT2D eigenvalue weighted by molar-refractivity contribution is 6.00. The zero-order valence-corrected chi connectivity index (χ0v) is 16.8. The molecule has 2 amide bonds. The van der Waals surface area contributed by atoms with Crippen LogP contribution in [0.3, 0.4) is 0 Å². The van der Waals surface area contributed by atoms with Crippen LogP contribution in [0.1, 0.15) is 11.1 Å². The normalized spacial score (nSPS) is 10.3. The molecular weight excluding hydrogens is 384 g/mol. The Morgan fingerprint density at radius 2 is 1.77 bits per heavy atom. The SMILES string of the molecule is COc1cccc(CNCc2ccc(NC(=O)Nc3cnc(N)cn3)c(OC)c2)c1. The van der Waals surface area contributed by atoms with Crippen LogP contribution in [0.2, 0.25) is 0 Å². The number of nitrogens with one attached hydrogen (secondary N) is 3. The lowest BCUT2D eigenvalue weighted by Gasteiger charge is -2.13. The third kappa shape index (κ3) is 5.82. The van der Waals surface area contributed by atoms with Gasteiger partial charge in [0, 0.05) is 13.1 Å². The number of anilines is 3. The van der Waals surface area contributed by atoms with Crippen LogP contribution in [-0.2, 0) is 13.1 Å². The van der Waals surface area contributed by atoms with Crippen LogP contribution >= 0.6 is 0 Å². The number of hydrogen-bond acceptors (Lipinski definition) is 7. The lowest BCUT2D eigenvalue weighted by molar-refractivity contribution is 0.262. The minimum absolute atomic E-state index is 0.276. The summed E-state index contributed by atoms with van der Waals surface area (Å²) in [5.41, 5.74) is 8.17. The third-order valence-electron chi connectivity index (χ3n) is 4.22. The molecule has 3 aromatic rings. The van der Waals surface area contributed by atoms with E-state index in [9.17, 15) is 4.79 Å². The second kappa shape index (κ2) is 10.1. The van der Waals surface area contributed by atoms with E-state index in [1.807, 2.05) is 36.4 Å². The summed E-state index contributed by atoms with van der Waals surface area (Å²) in [7, 11) is 3.20. The molecule has 0 bridgehead atoms. The minimum Gasteiger partial charge on any atom is -0.497 e. The quantitative estimate of drug-likeness (QED) is 0.452. The summed E-state index contributed by atoms with van der Waals surface area (Å²) in [6.07, 6.45) is 2.74. The van der Waals surface area contributed by atoms with Crippen molar-refractivity contribution in [3.05, 3.63) is 66.0 Å². The van der Waals surface area contributed by atoms with Crippen molar-refractivity contribution in [2.75, 3.05) is 30.6 Å². The number of rotatable bonds is 8. The van der Waals surface area contributed by atoms with Gasteiger partial charge in [-0.25, -0.2) is 14.8 Å². The molecule has 30 heavy (non-hydrogen) atoms. The summed E-state index contributed by atoms with van der Waals surface area (Å²) in [6.45, 7) is 1.34. The van der Waals surface area contributed by atoms with Crippen LogP contribution in [-0.4, -0.2) is 30.2 Å². The first-order valence-electron chi connectivity index (χ1n) is 9.23. The van der Waals surface area contributed by atoms with Gasteiger partial charge >= 0.3 is 6.03 Å². The zero-order chi connectivity index (χ0) is 21.3. The highest BCUT2D eigenvalue weighted by Crippen LogP contribution is 2.26. The van der Waals surface area contributed by atoms with Gasteiger partial charge in [0.1, 0.15) is 17.3 Å². The number of hydrogen-bond donors (Lipinski definition) is 4. The van der Waals surface area contributed by atoms with Gasteiger partial charge in [-0.15, -0.1) is 0 Å². The number of nitrogen functional groups attached to an aromatic ring is 1. The minimum atomic E-state index is -0.462. The number of carbonyl (C=O) groups excluding carboxylic acids is 1. The molecule has 0 saturated heterocycles. The van der Waals surface area contributed by atoms with Crippen LogP contribution in [0.15, 0.2) is 54.9 Å². The molecule has 0 aliphatic carbocycles.